The third-order valence-corrected chi connectivity index (χ3v) is 3.59. The number of rotatable bonds is 5. The monoisotopic (exact) mass is 351 g/mol. The first-order valence-corrected chi connectivity index (χ1v) is 7.09. The van der Waals surface area contributed by atoms with Gasteiger partial charge >= 0.3 is 5.69 Å². The van der Waals surface area contributed by atoms with Crippen molar-refractivity contribution in [1.82, 2.24) is 9.97 Å². The summed E-state index contributed by atoms with van der Waals surface area (Å²) in [6.07, 6.45) is 1.19. The zero-order valence-electron chi connectivity index (χ0n) is 11.6. The molecule has 0 aliphatic carbocycles. The summed E-state index contributed by atoms with van der Waals surface area (Å²) in [6.45, 7) is 4.49. The van der Waals surface area contributed by atoms with E-state index in [0.29, 0.717) is 18.2 Å². The molecule has 0 aliphatic heterocycles. The molecule has 0 aliphatic rings. The van der Waals surface area contributed by atoms with Crippen LogP contribution in [0.15, 0.2) is 28.9 Å². The van der Waals surface area contributed by atoms with Gasteiger partial charge in [-0.25, -0.2) is 4.98 Å². The fourth-order valence-electron chi connectivity index (χ4n) is 1.65. The van der Waals surface area contributed by atoms with Gasteiger partial charge < -0.3 is 10.6 Å². The summed E-state index contributed by atoms with van der Waals surface area (Å²) >= 11 is 3.43. The molecule has 0 radical (unpaired) electrons. The van der Waals surface area contributed by atoms with Crippen LogP contribution in [0, 0.1) is 17.0 Å². The van der Waals surface area contributed by atoms with Crippen LogP contribution in [0.4, 0.5) is 23.1 Å². The van der Waals surface area contributed by atoms with Crippen LogP contribution in [-0.2, 0) is 0 Å². The van der Waals surface area contributed by atoms with Gasteiger partial charge in [0.1, 0.15) is 6.20 Å². The van der Waals surface area contributed by atoms with Crippen LogP contribution in [0.5, 0.6) is 0 Å². The summed E-state index contributed by atoms with van der Waals surface area (Å²) in [5.74, 6) is 0.499. The third-order valence-electron chi connectivity index (χ3n) is 2.74. The SMILES string of the molecule is CCNc1ncc([N+](=O)[O-])c(Nc2ccc(C)c(Br)c2)n1. The molecule has 8 heteroatoms. The Balaban J connectivity index is 2.37. The zero-order chi connectivity index (χ0) is 15.4. The highest BCUT2D eigenvalue weighted by molar-refractivity contribution is 9.10. The Morgan fingerprint density at radius 2 is 2.19 bits per heavy atom. The predicted molar refractivity (Wildman–Crippen MR) is 85.0 cm³/mol. The lowest BCUT2D eigenvalue weighted by atomic mass is 10.2. The third kappa shape index (κ3) is 3.66. The van der Waals surface area contributed by atoms with E-state index < -0.39 is 4.92 Å². The first-order valence-electron chi connectivity index (χ1n) is 6.29. The van der Waals surface area contributed by atoms with Gasteiger partial charge in [-0.3, -0.25) is 10.1 Å². The molecule has 0 atom stereocenters. The number of nitrogens with one attached hydrogen (secondary N) is 2. The lowest BCUT2D eigenvalue weighted by Crippen LogP contribution is -2.06. The fourth-order valence-corrected chi connectivity index (χ4v) is 2.03. The van der Waals surface area contributed by atoms with Gasteiger partial charge in [0.05, 0.1) is 4.92 Å². The molecular formula is C13H14BrN5O2. The molecule has 0 saturated carbocycles. The molecule has 0 saturated heterocycles. The molecule has 21 heavy (non-hydrogen) atoms. The molecule has 1 aromatic carbocycles. The summed E-state index contributed by atoms with van der Waals surface area (Å²) < 4.78 is 0.913. The van der Waals surface area contributed by atoms with Gasteiger partial charge in [-0.05, 0) is 31.5 Å². The maximum absolute atomic E-state index is 11.1. The lowest BCUT2D eigenvalue weighted by molar-refractivity contribution is -0.384. The molecule has 0 bridgehead atoms. The highest BCUT2D eigenvalue weighted by atomic mass is 79.9. The first kappa shape index (κ1) is 15.2. The van der Waals surface area contributed by atoms with Gasteiger partial charge in [0.15, 0.2) is 0 Å². The van der Waals surface area contributed by atoms with Gasteiger partial charge in [0, 0.05) is 16.7 Å². The van der Waals surface area contributed by atoms with Crippen LogP contribution in [0.25, 0.3) is 0 Å². The van der Waals surface area contributed by atoms with Crippen molar-refractivity contribution in [3.05, 3.63) is 44.5 Å². The summed E-state index contributed by atoms with van der Waals surface area (Å²) in [4.78, 5) is 18.6. The van der Waals surface area contributed by atoms with Gasteiger partial charge in [0.2, 0.25) is 11.8 Å². The summed E-state index contributed by atoms with van der Waals surface area (Å²) in [5.41, 5.74) is 1.61. The number of nitrogens with zero attached hydrogens (tertiary/aromatic N) is 3. The Morgan fingerprint density at radius 3 is 2.81 bits per heavy atom. The van der Waals surface area contributed by atoms with E-state index in [-0.39, 0.29) is 11.5 Å². The second-order valence-corrected chi connectivity index (χ2v) is 5.16. The molecule has 2 aromatic rings. The number of aromatic nitrogens is 2. The van der Waals surface area contributed by atoms with Crippen molar-refractivity contribution in [2.24, 2.45) is 0 Å². The van der Waals surface area contributed by atoms with Crippen molar-refractivity contribution >= 4 is 39.1 Å². The molecule has 1 heterocycles. The molecule has 7 nitrogen and oxygen atoms in total. The van der Waals surface area contributed by atoms with Crippen LogP contribution < -0.4 is 10.6 Å². The largest absolute Gasteiger partial charge is 0.354 e. The maximum atomic E-state index is 11.1. The number of anilines is 3. The van der Waals surface area contributed by atoms with E-state index in [4.69, 9.17) is 0 Å². The Labute approximate surface area is 130 Å². The molecule has 0 spiro atoms. The lowest BCUT2D eigenvalue weighted by Gasteiger charge is -2.09. The van der Waals surface area contributed by atoms with Crippen LogP contribution in [0.2, 0.25) is 0 Å². The number of hydrogen-bond donors (Lipinski definition) is 2. The molecule has 1 aromatic heterocycles. The van der Waals surface area contributed by atoms with E-state index in [0.717, 1.165) is 10.0 Å². The maximum Gasteiger partial charge on any atom is 0.329 e. The van der Waals surface area contributed by atoms with Crippen molar-refractivity contribution in [3.8, 4) is 0 Å². The number of halogens is 1. The van der Waals surface area contributed by atoms with Crippen LogP contribution >= 0.6 is 15.9 Å². The molecule has 110 valence electrons. The normalized spacial score (nSPS) is 10.2. The molecule has 0 unspecified atom stereocenters. The number of hydrogen-bond acceptors (Lipinski definition) is 6. The second kappa shape index (κ2) is 6.49. The molecule has 0 fully saturated rings. The molecule has 0 amide bonds. The van der Waals surface area contributed by atoms with Crippen molar-refractivity contribution in [2.75, 3.05) is 17.2 Å². The summed E-state index contributed by atoms with van der Waals surface area (Å²) in [5, 5.41) is 16.9. The van der Waals surface area contributed by atoms with Gasteiger partial charge in [-0.15, -0.1) is 0 Å². The van der Waals surface area contributed by atoms with E-state index in [1.165, 1.54) is 6.20 Å². The van der Waals surface area contributed by atoms with Crippen LogP contribution in [0.3, 0.4) is 0 Å². The Bertz CT molecular complexity index is 678. The van der Waals surface area contributed by atoms with Gasteiger partial charge in [-0.1, -0.05) is 22.0 Å². The summed E-state index contributed by atoms with van der Waals surface area (Å²) in [6, 6.07) is 5.58. The Kier molecular flexibility index (Phi) is 4.69. The zero-order valence-corrected chi connectivity index (χ0v) is 13.1. The molecule has 2 rings (SSSR count). The predicted octanol–water partition coefficient (Wildman–Crippen LogP) is 3.63. The Morgan fingerprint density at radius 1 is 1.43 bits per heavy atom. The smallest absolute Gasteiger partial charge is 0.329 e. The quantitative estimate of drug-likeness (QED) is 0.631. The average molecular weight is 352 g/mol. The standard InChI is InChI=1S/C13H14BrN5O2/c1-3-15-13-16-7-11(19(20)21)12(18-13)17-9-5-4-8(2)10(14)6-9/h4-7H,3H2,1-2H3,(H2,15,16,17,18). The van der Waals surface area contributed by atoms with Crippen molar-refractivity contribution < 1.29 is 4.92 Å². The minimum atomic E-state index is -0.513. The number of nitro groups is 1. The second-order valence-electron chi connectivity index (χ2n) is 4.30. The average Bonchev–Trinajstić information content (AvgIpc) is 2.43. The number of benzene rings is 1. The van der Waals surface area contributed by atoms with Gasteiger partial charge in [-0.2, -0.15) is 4.98 Å². The molecular weight excluding hydrogens is 338 g/mol. The highest BCUT2D eigenvalue weighted by Gasteiger charge is 2.17. The Hall–Kier alpha value is -2.22. The van der Waals surface area contributed by atoms with E-state index in [9.17, 15) is 10.1 Å². The topological polar surface area (TPSA) is 93.0 Å². The van der Waals surface area contributed by atoms with Crippen LogP contribution in [-0.4, -0.2) is 21.4 Å². The van der Waals surface area contributed by atoms with Crippen molar-refractivity contribution in [1.29, 1.82) is 0 Å². The van der Waals surface area contributed by atoms with Crippen LogP contribution in [0.1, 0.15) is 12.5 Å². The minimum absolute atomic E-state index is 0.154. The van der Waals surface area contributed by atoms with E-state index in [2.05, 4.69) is 36.5 Å². The van der Waals surface area contributed by atoms with E-state index in [1.807, 2.05) is 32.0 Å². The fraction of sp³-hybridized carbons (Fsp3) is 0.231. The van der Waals surface area contributed by atoms with Gasteiger partial charge in [0.25, 0.3) is 0 Å². The van der Waals surface area contributed by atoms with Crippen molar-refractivity contribution in [3.63, 3.8) is 0 Å². The highest BCUT2D eigenvalue weighted by Crippen LogP contribution is 2.28. The summed E-state index contributed by atoms with van der Waals surface area (Å²) in [7, 11) is 0. The molecule has 2 N–H and O–H groups in total. The van der Waals surface area contributed by atoms with Crippen molar-refractivity contribution in [2.45, 2.75) is 13.8 Å². The number of aryl methyl sites for hydroxylation is 1. The first-order chi connectivity index (χ1) is 10.0. The van der Waals surface area contributed by atoms with E-state index >= 15 is 0 Å². The van der Waals surface area contributed by atoms with E-state index in [1.54, 1.807) is 0 Å². The minimum Gasteiger partial charge on any atom is -0.354 e.